The molecular weight excluding hydrogens is 735 g/mol. The van der Waals surface area contributed by atoms with Crippen LogP contribution in [0.1, 0.15) is 25.8 Å². The summed E-state index contributed by atoms with van der Waals surface area (Å²) >= 11 is 0. The highest BCUT2D eigenvalue weighted by molar-refractivity contribution is 5.98. The molecule has 0 radical (unpaired) electrons. The standard InChI is InChI=1S/C60H49N/c1-4-6-15-43(3)53(40-44-26-28-46(29-27-44)52-31-30-45-16-7-8-19-51(45)41-52)42-54(5-2)61(55-36-32-49(33-37-55)59-24-13-20-47-17-9-11-22-57(47)59)56-38-34-50(35-39-56)60-25-14-21-48-18-10-12-23-58(48)60/h4-41,54H,2,42H2,1,3H3/b6-4-,43-15+,53-40-. The minimum Gasteiger partial charge on any atom is -0.334 e. The number of fused-ring (bicyclic) bond motifs is 3. The number of benzene rings is 9. The Morgan fingerprint density at radius 2 is 1.00 bits per heavy atom. The number of allylic oxidation sites excluding steroid dienone is 4. The van der Waals surface area contributed by atoms with E-state index < -0.39 is 0 Å². The number of hydrogen-bond acceptors (Lipinski definition) is 1. The Morgan fingerprint density at radius 1 is 0.508 bits per heavy atom. The van der Waals surface area contributed by atoms with Gasteiger partial charge in [0.15, 0.2) is 0 Å². The molecule has 0 aliphatic rings. The van der Waals surface area contributed by atoms with Crippen LogP contribution in [0.15, 0.2) is 242 Å². The van der Waals surface area contributed by atoms with Crippen LogP contribution in [0.4, 0.5) is 11.4 Å². The zero-order valence-electron chi connectivity index (χ0n) is 34.9. The molecule has 1 atom stereocenters. The zero-order valence-corrected chi connectivity index (χ0v) is 34.9. The van der Waals surface area contributed by atoms with E-state index in [1.807, 2.05) is 0 Å². The third kappa shape index (κ3) is 8.37. The molecule has 0 bridgehead atoms. The summed E-state index contributed by atoms with van der Waals surface area (Å²) in [6.07, 6.45) is 11.7. The van der Waals surface area contributed by atoms with Crippen molar-refractivity contribution in [1.29, 1.82) is 0 Å². The Bertz CT molecular complexity index is 2940. The summed E-state index contributed by atoms with van der Waals surface area (Å²) in [5, 5.41) is 7.51. The van der Waals surface area contributed by atoms with Crippen LogP contribution >= 0.6 is 0 Å². The number of hydrogen-bond donors (Lipinski definition) is 0. The predicted molar refractivity (Wildman–Crippen MR) is 265 cm³/mol. The third-order valence-electron chi connectivity index (χ3n) is 11.9. The van der Waals surface area contributed by atoms with E-state index >= 15 is 0 Å². The van der Waals surface area contributed by atoms with E-state index in [4.69, 9.17) is 0 Å². The molecule has 1 unspecified atom stereocenters. The SMILES string of the molecule is C=CC(CC(=C/c1ccc(-c2ccc3ccccc3c2)cc1)/C(C)=C/C=C\C)N(c1ccc(-c2cccc3ccccc23)cc1)c1ccc(-c2cccc3ccccc23)cc1. The van der Waals surface area contributed by atoms with E-state index in [0.29, 0.717) is 0 Å². The van der Waals surface area contributed by atoms with Crippen LogP contribution in [0.2, 0.25) is 0 Å². The molecule has 9 rings (SSSR count). The van der Waals surface area contributed by atoms with Gasteiger partial charge in [0.2, 0.25) is 0 Å². The summed E-state index contributed by atoms with van der Waals surface area (Å²) in [5.74, 6) is 0. The van der Waals surface area contributed by atoms with Gasteiger partial charge in [0, 0.05) is 11.4 Å². The van der Waals surface area contributed by atoms with E-state index in [1.165, 1.54) is 82.4 Å². The van der Waals surface area contributed by atoms with Crippen LogP contribution in [-0.2, 0) is 0 Å². The van der Waals surface area contributed by atoms with Crippen molar-refractivity contribution in [3.63, 3.8) is 0 Å². The maximum atomic E-state index is 4.48. The highest BCUT2D eigenvalue weighted by Gasteiger charge is 2.21. The lowest BCUT2D eigenvalue weighted by molar-refractivity contribution is 0.774. The molecule has 294 valence electrons. The summed E-state index contributed by atoms with van der Waals surface area (Å²) in [5.41, 5.74) is 13.2. The summed E-state index contributed by atoms with van der Waals surface area (Å²) < 4.78 is 0. The molecule has 9 aromatic carbocycles. The Hall–Kier alpha value is -7.48. The Labute approximate surface area is 360 Å². The first-order valence-corrected chi connectivity index (χ1v) is 21.2. The van der Waals surface area contributed by atoms with Crippen molar-refractivity contribution in [2.24, 2.45) is 0 Å². The average molecular weight is 784 g/mol. The zero-order chi connectivity index (χ0) is 41.5. The maximum Gasteiger partial charge on any atom is 0.0560 e. The van der Waals surface area contributed by atoms with Crippen molar-refractivity contribution in [1.82, 2.24) is 0 Å². The van der Waals surface area contributed by atoms with Gasteiger partial charge in [0.25, 0.3) is 0 Å². The Morgan fingerprint density at radius 3 is 1.56 bits per heavy atom. The van der Waals surface area contributed by atoms with E-state index in [2.05, 4.69) is 256 Å². The molecule has 0 aliphatic carbocycles. The quantitative estimate of drug-likeness (QED) is 0.0881. The minimum absolute atomic E-state index is 0.0520. The third-order valence-corrected chi connectivity index (χ3v) is 11.9. The molecule has 0 aromatic heterocycles. The largest absolute Gasteiger partial charge is 0.334 e. The summed E-state index contributed by atoms with van der Waals surface area (Å²) in [6.45, 7) is 8.76. The fraction of sp³-hybridized carbons (Fsp3) is 0.0667. The lowest BCUT2D eigenvalue weighted by atomic mass is 9.93. The normalized spacial score (nSPS) is 12.6. The molecule has 9 aromatic rings. The van der Waals surface area contributed by atoms with Gasteiger partial charge in [-0.1, -0.05) is 200 Å². The van der Waals surface area contributed by atoms with Crippen molar-refractivity contribution >= 4 is 49.8 Å². The monoisotopic (exact) mass is 783 g/mol. The second kappa shape index (κ2) is 17.8. The summed E-state index contributed by atoms with van der Waals surface area (Å²) in [7, 11) is 0. The van der Waals surface area contributed by atoms with Gasteiger partial charge in [-0.15, -0.1) is 6.58 Å². The highest BCUT2D eigenvalue weighted by Crippen LogP contribution is 2.38. The molecule has 0 spiro atoms. The van der Waals surface area contributed by atoms with Crippen LogP contribution in [0.3, 0.4) is 0 Å². The van der Waals surface area contributed by atoms with Crippen molar-refractivity contribution < 1.29 is 0 Å². The number of nitrogens with zero attached hydrogens (tertiary/aromatic N) is 1. The highest BCUT2D eigenvalue weighted by atomic mass is 15.2. The number of anilines is 2. The van der Waals surface area contributed by atoms with Crippen molar-refractivity contribution in [3.8, 4) is 33.4 Å². The van der Waals surface area contributed by atoms with Gasteiger partial charge in [-0.05, 0) is 133 Å². The van der Waals surface area contributed by atoms with Gasteiger partial charge in [0.05, 0.1) is 6.04 Å². The van der Waals surface area contributed by atoms with E-state index in [-0.39, 0.29) is 6.04 Å². The second-order valence-electron chi connectivity index (χ2n) is 15.8. The van der Waals surface area contributed by atoms with Crippen LogP contribution in [0.5, 0.6) is 0 Å². The predicted octanol–water partition coefficient (Wildman–Crippen LogP) is 16.8. The molecule has 0 saturated heterocycles. The van der Waals surface area contributed by atoms with Gasteiger partial charge >= 0.3 is 0 Å². The van der Waals surface area contributed by atoms with Crippen LogP contribution in [0, 0.1) is 0 Å². The molecule has 0 N–H and O–H groups in total. The molecule has 0 aliphatic heterocycles. The molecule has 1 heteroatoms. The Balaban J connectivity index is 1.09. The van der Waals surface area contributed by atoms with E-state index in [1.54, 1.807) is 0 Å². The maximum absolute atomic E-state index is 4.48. The van der Waals surface area contributed by atoms with Crippen LogP contribution in [0.25, 0.3) is 71.8 Å². The van der Waals surface area contributed by atoms with Crippen LogP contribution in [-0.4, -0.2) is 6.04 Å². The fourth-order valence-corrected chi connectivity index (χ4v) is 8.62. The van der Waals surface area contributed by atoms with Crippen molar-refractivity contribution in [2.75, 3.05) is 4.90 Å². The molecule has 0 heterocycles. The lowest BCUT2D eigenvalue weighted by Gasteiger charge is -2.33. The smallest absolute Gasteiger partial charge is 0.0560 e. The van der Waals surface area contributed by atoms with Gasteiger partial charge in [-0.2, -0.15) is 0 Å². The topological polar surface area (TPSA) is 3.24 Å². The minimum atomic E-state index is -0.0520. The first-order chi connectivity index (χ1) is 30.1. The lowest BCUT2D eigenvalue weighted by Crippen LogP contribution is -2.30. The van der Waals surface area contributed by atoms with Gasteiger partial charge < -0.3 is 4.90 Å². The van der Waals surface area contributed by atoms with Gasteiger partial charge in [-0.3, -0.25) is 0 Å². The summed E-state index contributed by atoms with van der Waals surface area (Å²) in [6, 6.07) is 72.6. The molecule has 61 heavy (non-hydrogen) atoms. The summed E-state index contributed by atoms with van der Waals surface area (Å²) in [4.78, 5) is 2.45. The first-order valence-electron chi connectivity index (χ1n) is 21.2. The Kier molecular flexibility index (Phi) is 11.4. The molecule has 0 saturated carbocycles. The fourth-order valence-electron chi connectivity index (χ4n) is 8.62. The molecular formula is C60H49N. The van der Waals surface area contributed by atoms with Gasteiger partial charge in [-0.25, -0.2) is 0 Å². The van der Waals surface area contributed by atoms with E-state index in [0.717, 1.165) is 17.8 Å². The van der Waals surface area contributed by atoms with Gasteiger partial charge in [0.1, 0.15) is 0 Å². The number of rotatable bonds is 12. The van der Waals surface area contributed by atoms with Crippen molar-refractivity contribution in [3.05, 3.63) is 248 Å². The first kappa shape index (κ1) is 39.0. The average Bonchev–Trinajstić information content (AvgIpc) is 3.32. The molecule has 1 nitrogen and oxygen atoms in total. The van der Waals surface area contributed by atoms with Crippen LogP contribution < -0.4 is 4.90 Å². The molecule has 0 amide bonds. The molecule has 0 fully saturated rings. The van der Waals surface area contributed by atoms with E-state index in [9.17, 15) is 0 Å². The van der Waals surface area contributed by atoms with Crippen molar-refractivity contribution in [2.45, 2.75) is 26.3 Å². The second-order valence-corrected chi connectivity index (χ2v) is 15.8.